The quantitative estimate of drug-likeness (QED) is 0.470. The lowest BCUT2D eigenvalue weighted by molar-refractivity contribution is -0.148. The zero-order valence-electron chi connectivity index (χ0n) is 9.86. The van der Waals surface area contributed by atoms with Crippen molar-refractivity contribution in [3.05, 3.63) is 0 Å². The summed E-state index contributed by atoms with van der Waals surface area (Å²) in [5.41, 5.74) is 4.23. The van der Waals surface area contributed by atoms with E-state index < -0.39 is 17.4 Å². The van der Waals surface area contributed by atoms with Crippen molar-refractivity contribution in [3.8, 4) is 0 Å². The maximum Gasteiger partial charge on any atom is 0.315 e. The topological polar surface area (TPSA) is 114 Å². The number of hydrogen-bond donors (Lipinski definition) is 4. The van der Waals surface area contributed by atoms with Crippen molar-refractivity contribution in [3.63, 3.8) is 0 Å². The third kappa shape index (κ3) is 3.31. The van der Waals surface area contributed by atoms with Gasteiger partial charge in [0.1, 0.15) is 5.41 Å². The number of rotatable bonds is 5. The predicted molar refractivity (Wildman–Crippen MR) is 60.6 cm³/mol. The second-order valence-electron chi connectivity index (χ2n) is 4.33. The fraction of sp³-hybridized carbons (Fsp3) is 0.800. The summed E-state index contributed by atoms with van der Waals surface area (Å²) in [7, 11) is 0. The van der Waals surface area contributed by atoms with Gasteiger partial charge in [-0.15, -0.1) is 0 Å². The van der Waals surface area contributed by atoms with Crippen LogP contribution in [-0.2, 0) is 9.53 Å². The second kappa shape index (κ2) is 5.83. The predicted octanol–water partition coefficient (Wildman–Crippen LogP) is -0.876. The van der Waals surface area contributed by atoms with E-state index >= 15 is 0 Å². The molecule has 0 aromatic heterocycles. The maximum atomic E-state index is 11.5. The van der Waals surface area contributed by atoms with Crippen LogP contribution in [0.4, 0.5) is 4.79 Å². The lowest BCUT2D eigenvalue weighted by atomic mass is 9.85. The van der Waals surface area contributed by atoms with E-state index in [9.17, 15) is 9.59 Å². The average molecular weight is 245 g/mol. The lowest BCUT2D eigenvalue weighted by Gasteiger charge is -2.25. The SMILES string of the molecule is CC1(C(=O)O)COCC1NC(=O)NCCCN. The van der Waals surface area contributed by atoms with Gasteiger partial charge in [0.2, 0.25) is 0 Å². The Kier molecular flexibility index (Phi) is 4.71. The minimum atomic E-state index is -1.06. The van der Waals surface area contributed by atoms with Crippen LogP contribution >= 0.6 is 0 Å². The first kappa shape index (κ1) is 13.7. The lowest BCUT2D eigenvalue weighted by Crippen LogP contribution is -2.52. The van der Waals surface area contributed by atoms with Gasteiger partial charge in [0.05, 0.1) is 19.3 Å². The van der Waals surface area contributed by atoms with Crippen LogP contribution in [0.5, 0.6) is 0 Å². The van der Waals surface area contributed by atoms with Gasteiger partial charge in [-0.2, -0.15) is 0 Å². The van der Waals surface area contributed by atoms with Crippen molar-refractivity contribution in [2.45, 2.75) is 19.4 Å². The molecule has 0 bridgehead atoms. The highest BCUT2D eigenvalue weighted by Gasteiger charge is 2.47. The normalized spacial score (nSPS) is 27.8. The van der Waals surface area contributed by atoms with Crippen molar-refractivity contribution >= 4 is 12.0 Å². The number of carboxylic acids is 1. The summed E-state index contributed by atoms with van der Waals surface area (Å²) in [4.78, 5) is 22.6. The van der Waals surface area contributed by atoms with Crippen molar-refractivity contribution in [2.75, 3.05) is 26.3 Å². The molecule has 2 amide bonds. The highest BCUT2D eigenvalue weighted by molar-refractivity contribution is 5.79. The largest absolute Gasteiger partial charge is 0.481 e. The van der Waals surface area contributed by atoms with Gasteiger partial charge in [0.15, 0.2) is 0 Å². The Morgan fingerprint density at radius 2 is 2.29 bits per heavy atom. The summed E-state index contributed by atoms with van der Waals surface area (Å²) < 4.78 is 5.12. The molecule has 7 heteroatoms. The third-order valence-corrected chi connectivity index (χ3v) is 2.92. The Bertz CT molecular complexity index is 297. The Labute approximate surface area is 99.7 Å². The molecule has 1 rings (SSSR count). The van der Waals surface area contributed by atoms with E-state index in [0.717, 1.165) is 0 Å². The number of ether oxygens (including phenoxy) is 1. The van der Waals surface area contributed by atoms with Crippen molar-refractivity contribution < 1.29 is 19.4 Å². The van der Waals surface area contributed by atoms with E-state index in [1.54, 1.807) is 6.92 Å². The average Bonchev–Trinajstić information content (AvgIpc) is 2.62. The summed E-state index contributed by atoms with van der Waals surface area (Å²) >= 11 is 0. The number of nitrogens with one attached hydrogen (secondary N) is 2. The number of nitrogens with two attached hydrogens (primary N) is 1. The molecule has 5 N–H and O–H groups in total. The smallest absolute Gasteiger partial charge is 0.315 e. The highest BCUT2D eigenvalue weighted by Crippen LogP contribution is 2.28. The molecule has 0 aromatic rings. The fourth-order valence-electron chi connectivity index (χ4n) is 1.60. The molecule has 7 nitrogen and oxygen atoms in total. The van der Waals surface area contributed by atoms with Crippen molar-refractivity contribution in [1.82, 2.24) is 10.6 Å². The van der Waals surface area contributed by atoms with Crippen LogP contribution in [0.2, 0.25) is 0 Å². The van der Waals surface area contributed by atoms with Crippen LogP contribution in [0.25, 0.3) is 0 Å². The fourth-order valence-corrected chi connectivity index (χ4v) is 1.60. The van der Waals surface area contributed by atoms with Crippen LogP contribution in [0.15, 0.2) is 0 Å². The Morgan fingerprint density at radius 3 is 2.88 bits per heavy atom. The summed E-state index contributed by atoms with van der Waals surface area (Å²) in [5.74, 6) is -0.970. The van der Waals surface area contributed by atoms with Crippen LogP contribution in [-0.4, -0.2) is 49.5 Å². The molecule has 1 fully saturated rings. The maximum absolute atomic E-state index is 11.5. The monoisotopic (exact) mass is 245 g/mol. The molecule has 1 aliphatic rings. The molecule has 2 unspecified atom stereocenters. The number of carbonyl (C=O) groups excluding carboxylic acids is 1. The van der Waals surface area contributed by atoms with Crippen LogP contribution in [0, 0.1) is 5.41 Å². The van der Waals surface area contributed by atoms with Crippen LogP contribution in [0.3, 0.4) is 0 Å². The first-order chi connectivity index (χ1) is 8.00. The van der Waals surface area contributed by atoms with Gasteiger partial charge in [-0.1, -0.05) is 0 Å². The Morgan fingerprint density at radius 1 is 1.59 bits per heavy atom. The number of urea groups is 1. The van der Waals surface area contributed by atoms with Gasteiger partial charge in [-0.3, -0.25) is 4.79 Å². The van der Waals surface area contributed by atoms with E-state index in [2.05, 4.69) is 10.6 Å². The zero-order chi connectivity index (χ0) is 12.9. The summed E-state index contributed by atoms with van der Waals surface area (Å²) in [5, 5.41) is 14.3. The summed E-state index contributed by atoms with van der Waals surface area (Å²) in [6.07, 6.45) is 0.685. The number of carbonyl (C=O) groups is 2. The summed E-state index contributed by atoms with van der Waals surface area (Å²) in [6.45, 7) is 2.86. The number of hydrogen-bond acceptors (Lipinski definition) is 4. The number of carboxylic acid groups (broad SMARTS) is 1. The highest BCUT2D eigenvalue weighted by atomic mass is 16.5. The van der Waals surface area contributed by atoms with E-state index in [1.807, 2.05) is 0 Å². The molecule has 0 aliphatic carbocycles. The Balaban J connectivity index is 2.45. The summed E-state index contributed by atoms with van der Waals surface area (Å²) in [6, 6.07) is -0.903. The first-order valence-corrected chi connectivity index (χ1v) is 5.56. The molecule has 0 aromatic carbocycles. The molecule has 2 atom stereocenters. The van der Waals surface area contributed by atoms with Gasteiger partial charge in [-0.05, 0) is 19.9 Å². The molecule has 0 radical (unpaired) electrons. The molecule has 1 aliphatic heterocycles. The van der Waals surface area contributed by atoms with Crippen molar-refractivity contribution in [2.24, 2.45) is 11.1 Å². The van der Waals surface area contributed by atoms with Gasteiger partial charge in [0, 0.05) is 6.54 Å². The molecular weight excluding hydrogens is 226 g/mol. The van der Waals surface area contributed by atoms with E-state index in [-0.39, 0.29) is 19.2 Å². The second-order valence-corrected chi connectivity index (χ2v) is 4.33. The standard InChI is InChI=1S/C10H19N3O4/c1-10(8(14)15)6-17-5-7(10)13-9(16)12-4-2-3-11/h7H,2-6,11H2,1H3,(H,14,15)(H2,12,13,16). The molecule has 1 saturated heterocycles. The van der Waals surface area contributed by atoms with Gasteiger partial charge in [0.25, 0.3) is 0 Å². The van der Waals surface area contributed by atoms with Gasteiger partial charge >= 0.3 is 12.0 Å². The molecule has 1 heterocycles. The van der Waals surface area contributed by atoms with Crippen molar-refractivity contribution in [1.29, 1.82) is 0 Å². The first-order valence-electron chi connectivity index (χ1n) is 5.56. The molecular formula is C10H19N3O4. The van der Waals surface area contributed by atoms with E-state index in [4.69, 9.17) is 15.6 Å². The van der Waals surface area contributed by atoms with E-state index in [0.29, 0.717) is 19.5 Å². The third-order valence-electron chi connectivity index (χ3n) is 2.92. The van der Waals surface area contributed by atoms with Gasteiger partial charge < -0.3 is 26.2 Å². The molecule has 17 heavy (non-hydrogen) atoms. The number of amides is 2. The Hall–Kier alpha value is -1.34. The molecule has 0 spiro atoms. The minimum Gasteiger partial charge on any atom is -0.481 e. The molecule has 0 saturated carbocycles. The van der Waals surface area contributed by atoms with Crippen LogP contribution < -0.4 is 16.4 Å². The molecule has 98 valence electrons. The van der Waals surface area contributed by atoms with Crippen LogP contribution in [0.1, 0.15) is 13.3 Å². The number of aliphatic carboxylic acids is 1. The minimum absolute atomic E-state index is 0.107. The van der Waals surface area contributed by atoms with Gasteiger partial charge in [-0.25, -0.2) is 4.79 Å². The van der Waals surface area contributed by atoms with E-state index in [1.165, 1.54) is 0 Å². The zero-order valence-corrected chi connectivity index (χ0v) is 9.86.